The average molecular weight is 403 g/mol. The molecule has 140 valence electrons. The molecule has 2 N–H and O–H groups in total. The Labute approximate surface area is 161 Å². The summed E-state index contributed by atoms with van der Waals surface area (Å²) < 4.78 is 25.7. The second-order valence-corrected chi connectivity index (χ2v) is 8.83. The minimum atomic E-state index is -3.50. The van der Waals surface area contributed by atoms with Crippen LogP contribution in [0.4, 0.5) is 5.13 Å². The molecule has 2 aromatic carbocycles. The Morgan fingerprint density at radius 1 is 1.19 bits per heavy atom. The summed E-state index contributed by atoms with van der Waals surface area (Å²) in [4.78, 5) is 4.65. The third kappa shape index (κ3) is 4.51. The number of anilines is 1. The number of phenolic OH excluding ortho intramolecular Hbond substituents is 1. The van der Waals surface area contributed by atoms with Gasteiger partial charge in [-0.1, -0.05) is 24.3 Å². The van der Waals surface area contributed by atoms with Crippen molar-refractivity contribution >= 4 is 32.7 Å². The molecule has 0 aliphatic rings. The molecule has 27 heavy (non-hydrogen) atoms. The van der Waals surface area contributed by atoms with Gasteiger partial charge in [0.05, 0.1) is 16.8 Å². The lowest BCUT2D eigenvalue weighted by Gasteiger charge is -2.11. The number of hydrazone groups is 1. The van der Waals surface area contributed by atoms with Crippen LogP contribution in [0, 0.1) is 0 Å². The normalized spacial score (nSPS) is 12.0. The van der Waals surface area contributed by atoms with Crippen LogP contribution in [0.2, 0.25) is 0 Å². The largest absolute Gasteiger partial charge is 0.508 e. The molecule has 0 aliphatic carbocycles. The summed E-state index contributed by atoms with van der Waals surface area (Å²) in [7, 11) is -0.505. The van der Waals surface area contributed by atoms with E-state index in [1.807, 2.05) is 17.5 Å². The number of hydrogen-bond donors (Lipinski definition) is 2. The van der Waals surface area contributed by atoms with Crippen molar-refractivity contribution in [2.45, 2.75) is 4.90 Å². The molecule has 0 amide bonds. The molecule has 0 aliphatic heterocycles. The van der Waals surface area contributed by atoms with E-state index in [2.05, 4.69) is 15.5 Å². The van der Waals surface area contributed by atoms with Gasteiger partial charge in [-0.15, -0.1) is 11.3 Å². The molecule has 1 heterocycles. The number of aromatic nitrogens is 1. The smallest absolute Gasteiger partial charge is 0.242 e. The summed E-state index contributed by atoms with van der Waals surface area (Å²) in [5.74, 6) is 0.169. The topological polar surface area (TPSA) is 94.9 Å². The number of nitrogens with zero attached hydrogens (tertiary/aromatic N) is 3. The van der Waals surface area contributed by atoms with Gasteiger partial charge in [-0.2, -0.15) is 5.10 Å². The third-order valence-corrected chi connectivity index (χ3v) is 6.21. The van der Waals surface area contributed by atoms with Gasteiger partial charge in [-0.25, -0.2) is 17.7 Å². The first kappa shape index (κ1) is 19.0. The third-order valence-electron chi connectivity index (χ3n) is 3.66. The van der Waals surface area contributed by atoms with Crippen LogP contribution in [-0.4, -0.2) is 43.1 Å². The second kappa shape index (κ2) is 7.87. The van der Waals surface area contributed by atoms with E-state index >= 15 is 0 Å². The lowest BCUT2D eigenvalue weighted by molar-refractivity contribution is 0.475. The Morgan fingerprint density at radius 3 is 2.70 bits per heavy atom. The highest BCUT2D eigenvalue weighted by Crippen LogP contribution is 2.27. The highest BCUT2D eigenvalue weighted by molar-refractivity contribution is 7.89. The standard InChI is InChI=1S/C18H18N4O3S2/c1-22(2)27(24,25)16-8-4-6-14(10-16)17-12-26-18(20-17)21-19-11-13-5-3-7-15(23)9-13/h3-12,23H,1-2H3,(H,20,21). The maximum atomic E-state index is 12.3. The molecule has 3 aromatic rings. The molecule has 0 unspecified atom stereocenters. The van der Waals surface area contributed by atoms with Gasteiger partial charge in [-0.05, 0) is 29.8 Å². The first-order valence-electron chi connectivity index (χ1n) is 7.93. The van der Waals surface area contributed by atoms with Crippen molar-refractivity contribution in [1.82, 2.24) is 9.29 Å². The monoisotopic (exact) mass is 402 g/mol. The number of rotatable bonds is 6. The average Bonchev–Trinajstić information content (AvgIpc) is 3.11. The van der Waals surface area contributed by atoms with E-state index in [4.69, 9.17) is 0 Å². The van der Waals surface area contributed by atoms with E-state index < -0.39 is 10.0 Å². The maximum absolute atomic E-state index is 12.3. The fourth-order valence-electron chi connectivity index (χ4n) is 2.25. The number of phenols is 1. The van der Waals surface area contributed by atoms with E-state index in [1.54, 1.807) is 42.6 Å². The van der Waals surface area contributed by atoms with E-state index in [9.17, 15) is 13.5 Å². The van der Waals surface area contributed by atoms with Gasteiger partial charge in [0.2, 0.25) is 15.2 Å². The number of hydrogen-bond acceptors (Lipinski definition) is 7. The Hall–Kier alpha value is -2.75. The molecule has 0 atom stereocenters. The quantitative estimate of drug-likeness (QED) is 0.488. The fraction of sp³-hybridized carbons (Fsp3) is 0.111. The molecule has 1 aromatic heterocycles. The molecule has 0 fully saturated rings. The van der Waals surface area contributed by atoms with Crippen molar-refractivity contribution in [2.24, 2.45) is 5.10 Å². The van der Waals surface area contributed by atoms with Gasteiger partial charge < -0.3 is 5.11 Å². The van der Waals surface area contributed by atoms with E-state index in [0.29, 0.717) is 16.4 Å². The van der Waals surface area contributed by atoms with E-state index in [1.165, 1.54) is 29.7 Å². The Kier molecular flexibility index (Phi) is 5.54. The summed E-state index contributed by atoms with van der Waals surface area (Å²) in [5.41, 5.74) is 4.95. The molecule has 0 radical (unpaired) electrons. The Balaban J connectivity index is 1.76. The molecular formula is C18H18N4O3S2. The van der Waals surface area contributed by atoms with Gasteiger partial charge >= 0.3 is 0 Å². The van der Waals surface area contributed by atoms with Crippen molar-refractivity contribution in [3.63, 3.8) is 0 Å². The van der Waals surface area contributed by atoms with Crippen LogP contribution < -0.4 is 5.43 Å². The Morgan fingerprint density at radius 2 is 1.96 bits per heavy atom. The predicted molar refractivity (Wildman–Crippen MR) is 108 cm³/mol. The van der Waals surface area contributed by atoms with Crippen molar-refractivity contribution in [3.8, 4) is 17.0 Å². The molecule has 3 rings (SSSR count). The molecule has 0 saturated heterocycles. The zero-order valence-corrected chi connectivity index (χ0v) is 16.3. The summed E-state index contributed by atoms with van der Waals surface area (Å²) in [5, 5.41) is 15.9. The van der Waals surface area contributed by atoms with Crippen LogP contribution in [-0.2, 0) is 10.0 Å². The molecule has 0 spiro atoms. The Bertz CT molecular complexity index is 1080. The van der Waals surface area contributed by atoms with Gasteiger partial charge in [0.25, 0.3) is 0 Å². The summed E-state index contributed by atoms with van der Waals surface area (Å²) in [6.45, 7) is 0. The molecule has 7 nitrogen and oxygen atoms in total. The number of aromatic hydroxyl groups is 1. The minimum Gasteiger partial charge on any atom is -0.508 e. The SMILES string of the molecule is CN(C)S(=O)(=O)c1cccc(-c2csc(NN=Cc3cccc(O)c3)n2)c1. The first-order chi connectivity index (χ1) is 12.9. The zero-order valence-electron chi connectivity index (χ0n) is 14.7. The summed E-state index contributed by atoms with van der Waals surface area (Å²) >= 11 is 1.36. The number of thiazole rings is 1. The minimum absolute atomic E-state index is 0.169. The van der Waals surface area contributed by atoms with E-state index in [-0.39, 0.29) is 10.6 Å². The van der Waals surface area contributed by atoms with Gasteiger partial charge in [0.15, 0.2) is 0 Å². The van der Waals surface area contributed by atoms with E-state index in [0.717, 1.165) is 5.56 Å². The molecule has 0 saturated carbocycles. The molecule has 0 bridgehead atoms. The van der Waals surface area contributed by atoms with Crippen molar-refractivity contribution in [3.05, 3.63) is 59.5 Å². The summed E-state index contributed by atoms with van der Waals surface area (Å²) in [6, 6.07) is 13.4. The van der Waals surface area contributed by atoms with Crippen LogP contribution in [0.25, 0.3) is 11.3 Å². The molecule has 9 heteroatoms. The number of benzene rings is 2. The highest BCUT2D eigenvalue weighted by atomic mass is 32.2. The van der Waals surface area contributed by atoms with Crippen LogP contribution in [0.3, 0.4) is 0 Å². The van der Waals surface area contributed by atoms with Crippen molar-refractivity contribution in [1.29, 1.82) is 0 Å². The number of sulfonamides is 1. The zero-order chi connectivity index (χ0) is 19.4. The van der Waals surface area contributed by atoms with Gasteiger partial charge in [0.1, 0.15) is 5.75 Å². The predicted octanol–water partition coefficient (Wildman–Crippen LogP) is 3.21. The molecular weight excluding hydrogens is 384 g/mol. The van der Waals surface area contributed by atoms with Crippen LogP contribution >= 0.6 is 11.3 Å². The number of nitrogens with one attached hydrogen (secondary N) is 1. The maximum Gasteiger partial charge on any atom is 0.242 e. The summed E-state index contributed by atoms with van der Waals surface area (Å²) in [6.07, 6.45) is 1.57. The lowest BCUT2D eigenvalue weighted by Crippen LogP contribution is -2.22. The fourth-order valence-corrected chi connectivity index (χ4v) is 3.87. The van der Waals surface area contributed by atoms with Crippen LogP contribution in [0.5, 0.6) is 5.75 Å². The van der Waals surface area contributed by atoms with Crippen LogP contribution in [0.1, 0.15) is 5.56 Å². The van der Waals surface area contributed by atoms with Gasteiger partial charge in [-0.3, -0.25) is 5.43 Å². The van der Waals surface area contributed by atoms with Crippen molar-refractivity contribution in [2.75, 3.05) is 19.5 Å². The van der Waals surface area contributed by atoms with Gasteiger partial charge in [0, 0.05) is 25.0 Å². The lowest BCUT2D eigenvalue weighted by atomic mass is 10.2. The van der Waals surface area contributed by atoms with Crippen LogP contribution in [0.15, 0.2) is 63.9 Å². The van der Waals surface area contributed by atoms with Crippen molar-refractivity contribution < 1.29 is 13.5 Å². The second-order valence-electron chi connectivity index (χ2n) is 5.82. The first-order valence-corrected chi connectivity index (χ1v) is 10.2. The highest BCUT2D eigenvalue weighted by Gasteiger charge is 2.18.